The number of nitrogens with one attached hydrogen (secondary N) is 3. The number of aromatic hydroxyl groups is 1. The van der Waals surface area contributed by atoms with Crippen molar-refractivity contribution in [2.24, 2.45) is 0 Å². The number of carbonyl (C=O) groups is 3. The molecule has 2 amide bonds. The van der Waals surface area contributed by atoms with Gasteiger partial charge in [-0.05, 0) is 71.7 Å². The first kappa shape index (κ1) is 34.1. The van der Waals surface area contributed by atoms with E-state index in [1.54, 1.807) is 18.3 Å². The molecule has 3 heterocycles. The van der Waals surface area contributed by atoms with E-state index in [4.69, 9.17) is 11.5 Å². The van der Waals surface area contributed by atoms with Crippen molar-refractivity contribution < 1.29 is 24.6 Å². The summed E-state index contributed by atoms with van der Waals surface area (Å²) in [6, 6.07) is 8.65. The summed E-state index contributed by atoms with van der Waals surface area (Å²) in [6.45, 7) is 6.28. The molecule has 17 heteroatoms. The fourth-order valence-corrected chi connectivity index (χ4v) is 5.07. The van der Waals surface area contributed by atoms with E-state index in [9.17, 15) is 24.6 Å². The highest BCUT2D eigenvalue weighted by Crippen LogP contribution is 2.29. The second kappa shape index (κ2) is 14.2. The van der Waals surface area contributed by atoms with E-state index in [1.165, 1.54) is 12.1 Å². The Bertz CT molecular complexity index is 2010. The van der Waals surface area contributed by atoms with Crippen molar-refractivity contribution in [1.29, 1.82) is 0 Å². The number of carboxylic acids is 1. The van der Waals surface area contributed by atoms with Crippen molar-refractivity contribution in [1.82, 2.24) is 51.2 Å². The SMILES string of the molecule is CC(C)(C)c1ccc(C(=O)NCCC[C@H](NC(=O)c2ccc(CCc3cnc4nc(N)nc(N)c4n3)cc2O)C(=O)O)c(-c2nn[nH]n2)c1. The molecule has 0 radical (unpaired) electrons. The second-order valence-corrected chi connectivity index (χ2v) is 12.4. The number of carbonyl (C=O) groups excluding carboxylic acids is 2. The van der Waals surface area contributed by atoms with Gasteiger partial charge < -0.3 is 32.3 Å². The Kier molecular flexibility index (Phi) is 9.91. The van der Waals surface area contributed by atoms with Gasteiger partial charge >= 0.3 is 5.97 Å². The summed E-state index contributed by atoms with van der Waals surface area (Å²) in [5, 5.41) is 39.7. The minimum absolute atomic E-state index is 0.000377. The number of aryl methyl sites for hydroxylation is 2. The molecule has 49 heavy (non-hydrogen) atoms. The molecule has 0 aliphatic heterocycles. The third-order valence-electron chi connectivity index (χ3n) is 7.75. The number of phenols is 1. The maximum atomic E-state index is 13.1. The highest BCUT2D eigenvalue weighted by atomic mass is 16.4. The van der Waals surface area contributed by atoms with Gasteiger partial charge in [0.2, 0.25) is 11.8 Å². The van der Waals surface area contributed by atoms with Gasteiger partial charge in [0, 0.05) is 12.1 Å². The molecule has 17 nitrogen and oxygen atoms in total. The first-order valence-corrected chi connectivity index (χ1v) is 15.4. The molecule has 0 unspecified atom stereocenters. The predicted octanol–water partition coefficient (Wildman–Crippen LogP) is 1.95. The predicted molar refractivity (Wildman–Crippen MR) is 178 cm³/mol. The number of nitrogens with two attached hydrogens (primary N) is 2. The van der Waals surface area contributed by atoms with Crippen LogP contribution in [0.15, 0.2) is 42.6 Å². The van der Waals surface area contributed by atoms with E-state index in [1.807, 2.05) is 32.9 Å². The highest BCUT2D eigenvalue weighted by Gasteiger charge is 2.24. The number of carboxylic acid groups (broad SMARTS) is 1. The number of aliphatic carboxylic acids is 1. The van der Waals surface area contributed by atoms with Gasteiger partial charge in [0.15, 0.2) is 17.0 Å². The summed E-state index contributed by atoms with van der Waals surface area (Å²) in [5.74, 6) is -2.31. The number of hydrogen-bond acceptors (Lipinski definition) is 13. The maximum absolute atomic E-state index is 13.1. The third kappa shape index (κ3) is 8.19. The first-order chi connectivity index (χ1) is 23.3. The largest absolute Gasteiger partial charge is 0.507 e. The topological polar surface area (TPSA) is 274 Å². The van der Waals surface area contributed by atoms with Crippen LogP contribution in [0, 0.1) is 0 Å². The quantitative estimate of drug-likeness (QED) is 0.0936. The van der Waals surface area contributed by atoms with Crippen LogP contribution in [-0.2, 0) is 23.1 Å². The van der Waals surface area contributed by atoms with Gasteiger partial charge in [0.05, 0.1) is 23.0 Å². The van der Waals surface area contributed by atoms with Crippen molar-refractivity contribution >= 4 is 40.7 Å². The number of aromatic amines is 1. The molecule has 5 rings (SSSR count). The number of anilines is 2. The molecule has 2 aromatic carbocycles. The lowest BCUT2D eigenvalue weighted by Gasteiger charge is -2.20. The van der Waals surface area contributed by atoms with Crippen molar-refractivity contribution in [2.75, 3.05) is 18.0 Å². The van der Waals surface area contributed by atoms with Gasteiger partial charge in [-0.25, -0.2) is 14.8 Å². The third-order valence-corrected chi connectivity index (χ3v) is 7.75. The minimum atomic E-state index is -1.26. The lowest BCUT2D eigenvalue weighted by molar-refractivity contribution is -0.139. The molecule has 0 spiro atoms. The zero-order chi connectivity index (χ0) is 35.3. The smallest absolute Gasteiger partial charge is 0.326 e. The molecule has 0 aliphatic rings. The highest BCUT2D eigenvalue weighted by molar-refractivity contribution is 6.00. The Hall–Kier alpha value is -6.26. The van der Waals surface area contributed by atoms with Crippen LogP contribution >= 0.6 is 0 Å². The van der Waals surface area contributed by atoms with Crippen molar-refractivity contribution in [2.45, 2.75) is 57.9 Å². The number of aromatic nitrogens is 8. The number of tetrazole rings is 1. The van der Waals surface area contributed by atoms with Crippen molar-refractivity contribution in [3.63, 3.8) is 0 Å². The summed E-state index contributed by atoms with van der Waals surface area (Å²) in [6.07, 6.45) is 2.71. The molecule has 9 N–H and O–H groups in total. The number of phenolic OH excluding ortho intramolecular Hbond substituents is 1. The van der Waals surface area contributed by atoms with Crippen LogP contribution in [0.1, 0.15) is 71.1 Å². The summed E-state index contributed by atoms with van der Waals surface area (Å²) in [7, 11) is 0. The van der Waals surface area contributed by atoms with Crippen LogP contribution in [0.5, 0.6) is 5.75 Å². The summed E-state index contributed by atoms with van der Waals surface area (Å²) in [4.78, 5) is 54.6. The molecule has 0 saturated carbocycles. The second-order valence-electron chi connectivity index (χ2n) is 12.4. The van der Waals surface area contributed by atoms with E-state index in [-0.39, 0.29) is 59.4 Å². The number of benzene rings is 2. The molecule has 0 fully saturated rings. The fraction of sp³-hybridized carbons (Fsp3) is 0.312. The van der Waals surface area contributed by atoms with E-state index in [2.05, 4.69) is 51.2 Å². The Labute approximate surface area is 280 Å². The Morgan fingerprint density at radius 2 is 1.76 bits per heavy atom. The Morgan fingerprint density at radius 3 is 2.45 bits per heavy atom. The molecule has 0 aliphatic carbocycles. The fourth-order valence-electron chi connectivity index (χ4n) is 5.07. The molecule has 3 aromatic heterocycles. The number of nitrogens with zero attached hydrogens (tertiary/aromatic N) is 7. The lowest BCUT2D eigenvalue weighted by atomic mass is 9.85. The number of rotatable bonds is 12. The van der Waals surface area contributed by atoms with E-state index < -0.39 is 23.8 Å². The number of fused-ring (bicyclic) bond motifs is 1. The van der Waals surface area contributed by atoms with Crippen molar-refractivity contribution in [3.05, 3.63) is 70.5 Å². The van der Waals surface area contributed by atoms with Crippen LogP contribution in [0.4, 0.5) is 11.8 Å². The van der Waals surface area contributed by atoms with Gasteiger partial charge in [-0.2, -0.15) is 15.2 Å². The molecule has 1 atom stereocenters. The zero-order valence-electron chi connectivity index (χ0n) is 27.1. The summed E-state index contributed by atoms with van der Waals surface area (Å²) >= 11 is 0. The maximum Gasteiger partial charge on any atom is 0.326 e. The average molecular weight is 669 g/mol. The minimum Gasteiger partial charge on any atom is -0.507 e. The summed E-state index contributed by atoms with van der Waals surface area (Å²) in [5.41, 5.74) is 15.0. The van der Waals surface area contributed by atoms with E-state index >= 15 is 0 Å². The van der Waals surface area contributed by atoms with E-state index in [0.717, 1.165) is 5.56 Å². The van der Waals surface area contributed by atoms with Crippen LogP contribution in [-0.4, -0.2) is 81.1 Å². The van der Waals surface area contributed by atoms with Gasteiger partial charge in [0.25, 0.3) is 11.8 Å². The van der Waals surface area contributed by atoms with Crippen LogP contribution in [0.2, 0.25) is 0 Å². The van der Waals surface area contributed by atoms with Crippen LogP contribution in [0.3, 0.4) is 0 Å². The lowest BCUT2D eigenvalue weighted by Crippen LogP contribution is -2.41. The number of amides is 2. The average Bonchev–Trinajstić information content (AvgIpc) is 3.59. The zero-order valence-corrected chi connectivity index (χ0v) is 27.1. The van der Waals surface area contributed by atoms with E-state index in [0.29, 0.717) is 40.7 Å². The Balaban J connectivity index is 1.15. The monoisotopic (exact) mass is 668 g/mol. The van der Waals surface area contributed by atoms with Crippen LogP contribution in [0.25, 0.3) is 22.6 Å². The molecule has 0 bridgehead atoms. The normalized spacial score (nSPS) is 12.1. The van der Waals surface area contributed by atoms with Gasteiger partial charge in [-0.1, -0.05) is 32.9 Å². The number of hydrogen-bond donors (Lipinski definition) is 7. The first-order valence-electron chi connectivity index (χ1n) is 15.4. The van der Waals surface area contributed by atoms with Gasteiger partial charge in [-0.3, -0.25) is 9.59 Å². The molecule has 0 saturated heterocycles. The Morgan fingerprint density at radius 1 is 0.980 bits per heavy atom. The summed E-state index contributed by atoms with van der Waals surface area (Å²) < 4.78 is 0. The van der Waals surface area contributed by atoms with Crippen LogP contribution < -0.4 is 22.1 Å². The van der Waals surface area contributed by atoms with Crippen molar-refractivity contribution in [3.8, 4) is 17.1 Å². The standard InChI is InChI=1S/C32H36N12O5/c1-32(2,3)17-8-11-19(21(14-17)26-41-43-44-42-26)28(46)35-12-4-5-22(30(48)49)38-29(47)20-10-7-16(13-23(20)45)6-9-18-15-36-27-24(37-18)25(33)39-31(34)40-27/h7-8,10-11,13-15,22,45H,4-6,9,12H2,1-3H3,(H,35,46)(H,38,47)(H,48,49)(H,41,42,43,44)(H4,33,34,36,39,40)/t22-/m0/s1. The molecule has 5 aromatic rings. The van der Waals surface area contributed by atoms with Gasteiger partial charge in [-0.15, -0.1) is 10.2 Å². The molecular formula is C32H36N12O5. The number of nitrogen functional groups attached to an aromatic ring is 2. The number of H-pyrrole nitrogens is 1. The van der Waals surface area contributed by atoms with Gasteiger partial charge in [0.1, 0.15) is 11.8 Å². The molecular weight excluding hydrogens is 632 g/mol. The molecule has 254 valence electrons.